The molecular weight excluding hydrogens is 356 g/mol. The van der Waals surface area contributed by atoms with Gasteiger partial charge in [-0.3, -0.25) is 4.79 Å². The predicted molar refractivity (Wildman–Crippen MR) is 95.9 cm³/mol. The zero-order chi connectivity index (χ0) is 16.7. The first-order chi connectivity index (χ1) is 11.0. The van der Waals surface area contributed by atoms with E-state index in [2.05, 4.69) is 52.4 Å². The van der Waals surface area contributed by atoms with Crippen molar-refractivity contribution in [1.82, 2.24) is 5.43 Å². The number of nitrogens with zero attached hydrogens (tertiary/aromatic N) is 1. The number of benzene rings is 2. The van der Waals surface area contributed by atoms with Gasteiger partial charge in [0.1, 0.15) is 5.75 Å². The van der Waals surface area contributed by atoms with Gasteiger partial charge in [0.2, 0.25) is 0 Å². The first-order valence-electron chi connectivity index (χ1n) is 7.35. The number of carbonyl (C=O) groups is 1. The maximum Gasteiger partial charge on any atom is 0.277 e. The van der Waals surface area contributed by atoms with Crippen molar-refractivity contribution in [2.24, 2.45) is 5.10 Å². The van der Waals surface area contributed by atoms with Crippen LogP contribution in [0.25, 0.3) is 0 Å². The molecule has 4 nitrogen and oxygen atoms in total. The Morgan fingerprint density at radius 2 is 1.83 bits per heavy atom. The van der Waals surface area contributed by atoms with Crippen LogP contribution in [-0.2, 0) is 4.79 Å². The second-order valence-electron chi connectivity index (χ2n) is 5.36. The highest BCUT2D eigenvalue weighted by atomic mass is 79.9. The summed E-state index contributed by atoms with van der Waals surface area (Å²) < 4.78 is 6.32. The second kappa shape index (κ2) is 8.48. The zero-order valence-corrected chi connectivity index (χ0v) is 14.7. The molecule has 1 amide bonds. The molecule has 2 rings (SSSR count). The second-order valence-corrected chi connectivity index (χ2v) is 6.27. The van der Waals surface area contributed by atoms with E-state index in [1.54, 1.807) is 18.3 Å². The monoisotopic (exact) mass is 374 g/mol. The topological polar surface area (TPSA) is 50.7 Å². The Labute approximate surface area is 144 Å². The van der Waals surface area contributed by atoms with Crippen LogP contribution < -0.4 is 10.2 Å². The molecule has 0 heterocycles. The largest absolute Gasteiger partial charge is 0.484 e. The van der Waals surface area contributed by atoms with E-state index in [-0.39, 0.29) is 12.5 Å². The van der Waals surface area contributed by atoms with E-state index < -0.39 is 0 Å². The van der Waals surface area contributed by atoms with Gasteiger partial charge in [0.05, 0.1) is 6.21 Å². The van der Waals surface area contributed by atoms with Crippen molar-refractivity contribution in [2.45, 2.75) is 19.8 Å². The molecule has 0 aliphatic carbocycles. The van der Waals surface area contributed by atoms with E-state index in [0.717, 1.165) is 10.0 Å². The predicted octanol–water partition coefficient (Wildman–Crippen LogP) is 4.10. The third-order valence-corrected chi connectivity index (χ3v) is 3.72. The number of hydrogen-bond acceptors (Lipinski definition) is 3. The SMILES string of the molecule is CC(C)c1ccc(/C=N\NC(=O)COc2ccc(Br)cc2)cc1. The minimum atomic E-state index is -0.303. The number of halogens is 1. The smallest absolute Gasteiger partial charge is 0.277 e. The van der Waals surface area contributed by atoms with E-state index in [4.69, 9.17) is 4.74 Å². The number of hydrogen-bond donors (Lipinski definition) is 1. The van der Waals surface area contributed by atoms with Crippen LogP contribution in [0.4, 0.5) is 0 Å². The third-order valence-electron chi connectivity index (χ3n) is 3.19. The molecule has 1 N–H and O–H groups in total. The molecule has 0 aliphatic heterocycles. The first kappa shape index (κ1) is 17.2. The summed E-state index contributed by atoms with van der Waals surface area (Å²) >= 11 is 3.34. The minimum absolute atomic E-state index is 0.0781. The Morgan fingerprint density at radius 3 is 2.43 bits per heavy atom. The fourth-order valence-corrected chi connectivity index (χ4v) is 2.12. The van der Waals surface area contributed by atoms with Crippen LogP contribution >= 0.6 is 15.9 Å². The van der Waals surface area contributed by atoms with Crippen molar-refractivity contribution in [2.75, 3.05) is 6.61 Å². The molecule has 5 heteroatoms. The average Bonchev–Trinajstić information content (AvgIpc) is 2.55. The molecule has 0 aliphatic rings. The van der Waals surface area contributed by atoms with Crippen molar-refractivity contribution < 1.29 is 9.53 Å². The van der Waals surface area contributed by atoms with Crippen molar-refractivity contribution in [3.8, 4) is 5.75 Å². The van der Waals surface area contributed by atoms with Gasteiger partial charge in [0.15, 0.2) is 6.61 Å². The molecule has 0 spiro atoms. The van der Waals surface area contributed by atoms with Gasteiger partial charge in [-0.15, -0.1) is 0 Å². The number of hydrazone groups is 1. The Morgan fingerprint density at radius 1 is 1.17 bits per heavy atom. The lowest BCUT2D eigenvalue weighted by molar-refractivity contribution is -0.123. The maximum absolute atomic E-state index is 11.7. The highest BCUT2D eigenvalue weighted by molar-refractivity contribution is 9.10. The van der Waals surface area contributed by atoms with Gasteiger partial charge in [-0.05, 0) is 41.3 Å². The molecule has 0 radical (unpaired) electrons. The summed E-state index contributed by atoms with van der Waals surface area (Å²) in [4.78, 5) is 11.7. The van der Waals surface area contributed by atoms with E-state index in [9.17, 15) is 4.79 Å². The Hall–Kier alpha value is -2.14. The Balaban J connectivity index is 1.78. The van der Waals surface area contributed by atoms with Gasteiger partial charge in [0.25, 0.3) is 5.91 Å². The average molecular weight is 375 g/mol. The number of carbonyl (C=O) groups excluding carboxylic acids is 1. The number of ether oxygens (including phenoxy) is 1. The quantitative estimate of drug-likeness (QED) is 0.611. The molecule has 120 valence electrons. The summed E-state index contributed by atoms with van der Waals surface area (Å²) in [7, 11) is 0. The van der Waals surface area contributed by atoms with E-state index in [0.29, 0.717) is 11.7 Å². The fraction of sp³-hybridized carbons (Fsp3) is 0.222. The van der Waals surface area contributed by atoms with Gasteiger partial charge in [-0.1, -0.05) is 54.0 Å². The molecule has 0 aromatic heterocycles. The minimum Gasteiger partial charge on any atom is -0.484 e. The van der Waals surface area contributed by atoms with Crippen LogP contribution in [0.2, 0.25) is 0 Å². The molecule has 2 aromatic rings. The summed E-state index contributed by atoms with van der Waals surface area (Å²) in [6, 6.07) is 15.4. The van der Waals surface area contributed by atoms with Gasteiger partial charge in [0, 0.05) is 4.47 Å². The standard InChI is InChI=1S/C18H19BrN2O2/c1-13(2)15-5-3-14(4-6-15)11-20-21-18(22)12-23-17-9-7-16(19)8-10-17/h3-11,13H,12H2,1-2H3,(H,21,22)/b20-11-. The lowest BCUT2D eigenvalue weighted by Gasteiger charge is -2.05. The summed E-state index contributed by atoms with van der Waals surface area (Å²) in [5.41, 5.74) is 4.65. The van der Waals surface area contributed by atoms with E-state index in [1.165, 1.54) is 5.56 Å². The van der Waals surface area contributed by atoms with E-state index in [1.807, 2.05) is 24.3 Å². The van der Waals surface area contributed by atoms with Crippen LogP contribution in [0.15, 0.2) is 58.1 Å². The molecule has 0 atom stereocenters. The summed E-state index contributed by atoms with van der Waals surface area (Å²) in [6.07, 6.45) is 1.61. The third kappa shape index (κ3) is 5.87. The number of nitrogens with one attached hydrogen (secondary N) is 1. The van der Waals surface area contributed by atoms with Crippen LogP contribution in [0, 0.1) is 0 Å². The van der Waals surface area contributed by atoms with Gasteiger partial charge in [-0.2, -0.15) is 5.10 Å². The van der Waals surface area contributed by atoms with Crippen LogP contribution in [0.1, 0.15) is 30.9 Å². The zero-order valence-electron chi connectivity index (χ0n) is 13.1. The maximum atomic E-state index is 11.7. The Kier molecular flexibility index (Phi) is 6.35. The summed E-state index contributed by atoms with van der Waals surface area (Å²) in [5.74, 6) is 0.830. The van der Waals surface area contributed by atoms with Crippen molar-refractivity contribution in [3.05, 3.63) is 64.1 Å². The first-order valence-corrected chi connectivity index (χ1v) is 8.14. The van der Waals surface area contributed by atoms with Gasteiger partial charge < -0.3 is 4.74 Å². The van der Waals surface area contributed by atoms with Gasteiger partial charge in [-0.25, -0.2) is 5.43 Å². The molecule has 0 unspecified atom stereocenters. The van der Waals surface area contributed by atoms with Crippen molar-refractivity contribution in [3.63, 3.8) is 0 Å². The Bertz CT molecular complexity index is 664. The highest BCUT2D eigenvalue weighted by Gasteiger charge is 2.01. The normalized spacial score (nSPS) is 11.0. The fourth-order valence-electron chi connectivity index (χ4n) is 1.86. The number of amides is 1. The molecule has 0 bridgehead atoms. The van der Waals surface area contributed by atoms with Crippen molar-refractivity contribution in [1.29, 1.82) is 0 Å². The van der Waals surface area contributed by atoms with Crippen LogP contribution in [0.3, 0.4) is 0 Å². The molecular formula is C18H19BrN2O2. The van der Waals surface area contributed by atoms with Crippen molar-refractivity contribution >= 4 is 28.1 Å². The molecule has 0 saturated heterocycles. The molecule has 0 saturated carbocycles. The highest BCUT2D eigenvalue weighted by Crippen LogP contribution is 2.16. The molecule has 2 aromatic carbocycles. The van der Waals surface area contributed by atoms with Crippen LogP contribution in [0.5, 0.6) is 5.75 Å². The van der Waals surface area contributed by atoms with E-state index >= 15 is 0 Å². The van der Waals surface area contributed by atoms with Gasteiger partial charge >= 0.3 is 0 Å². The lowest BCUT2D eigenvalue weighted by Crippen LogP contribution is -2.24. The summed E-state index contributed by atoms with van der Waals surface area (Å²) in [6.45, 7) is 4.22. The lowest BCUT2D eigenvalue weighted by atomic mass is 10.0. The number of rotatable bonds is 6. The molecule has 23 heavy (non-hydrogen) atoms. The summed E-state index contributed by atoms with van der Waals surface area (Å²) in [5, 5.41) is 3.93. The van der Waals surface area contributed by atoms with Crippen LogP contribution in [-0.4, -0.2) is 18.7 Å². The molecule has 0 fully saturated rings.